The molecule has 0 aromatic heterocycles. The summed E-state index contributed by atoms with van der Waals surface area (Å²) in [5.74, 6) is -1.09. The molecule has 7 heteroatoms. The Morgan fingerprint density at radius 3 is 2.79 bits per heavy atom. The highest BCUT2D eigenvalue weighted by Gasteiger charge is 2.55. The molecule has 0 N–H and O–H groups in total. The number of hydrogen-bond donors (Lipinski definition) is 0. The largest absolute Gasteiger partial charge is 0.383 e. The van der Waals surface area contributed by atoms with Crippen LogP contribution in [0.3, 0.4) is 0 Å². The van der Waals surface area contributed by atoms with E-state index < -0.39 is 17.1 Å². The molecule has 2 aliphatic heterocycles. The minimum atomic E-state index is -1.48. The van der Waals surface area contributed by atoms with Gasteiger partial charge >= 0.3 is 0 Å². The average molecular weight is 402 g/mol. The van der Waals surface area contributed by atoms with Crippen LogP contribution in [0.25, 0.3) is 0 Å². The second kappa shape index (κ2) is 7.86. The monoisotopic (exact) mass is 402 g/mol. The number of carbonyl (C=O) groups is 3. The molecule has 1 aromatic carbocycles. The van der Waals surface area contributed by atoms with Crippen molar-refractivity contribution in [2.75, 3.05) is 26.8 Å². The first-order chi connectivity index (χ1) is 14.0. The molecule has 1 aliphatic carbocycles. The summed E-state index contributed by atoms with van der Waals surface area (Å²) in [5.41, 5.74) is -1.35. The summed E-state index contributed by atoms with van der Waals surface area (Å²) in [6.45, 7) is 1.01. The summed E-state index contributed by atoms with van der Waals surface area (Å²) >= 11 is 0. The van der Waals surface area contributed by atoms with Gasteiger partial charge < -0.3 is 9.64 Å². The molecule has 3 fully saturated rings. The zero-order valence-corrected chi connectivity index (χ0v) is 16.7. The number of benzene rings is 1. The van der Waals surface area contributed by atoms with Gasteiger partial charge in [0.25, 0.3) is 0 Å². The number of halogens is 1. The summed E-state index contributed by atoms with van der Waals surface area (Å²) in [4.78, 5) is 42.4. The van der Waals surface area contributed by atoms with Crippen LogP contribution in [0.15, 0.2) is 24.3 Å². The Bertz CT molecular complexity index is 829. The Balaban J connectivity index is 1.67. The van der Waals surface area contributed by atoms with Crippen molar-refractivity contribution in [1.82, 2.24) is 9.80 Å². The predicted octanol–water partition coefficient (Wildman–Crippen LogP) is 2.26. The van der Waals surface area contributed by atoms with E-state index in [1.807, 2.05) is 4.90 Å². The Hall–Kier alpha value is -2.28. The van der Waals surface area contributed by atoms with E-state index >= 15 is 0 Å². The molecule has 1 saturated carbocycles. The van der Waals surface area contributed by atoms with Gasteiger partial charge in [-0.05, 0) is 31.2 Å². The molecular formula is C22H27FN2O4. The number of imide groups is 1. The van der Waals surface area contributed by atoms with Crippen LogP contribution in [0.4, 0.5) is 4.39 Å². The molecule has 2 heterocycles. The quantitative estimate of drug-likeness (QED) is 0.685. The molecule has 2 saturated heterocycles. The van der Waals surface area contributed by atoms with Gasteiger partial charge in [-0.15, -0.1) is 0 Å². The molecule has 2 bridgehead atoms. The van der Waals surface area contributed by atoms with Crippen LogP contribution in [-0.4, -0.2) is 60.4 Å². The molecular weight excluding hydrogens is 375 g/mol. The molecule has 0 unspecified atom stereocenters. The molecule has 1 aromatic rings. The van der Waals surface area contributed by atoms with E-state index in [1.165, 1.54) is 19.2 Å². The number of fused-ring (bicyclic) bond motifs is 2. The molecule has 156 valence electrons. The number of methoxy groups -OCH3 is 1. The van der Waals surface area contributed by atoms with Crippen LogP contribution in [0.5, 0.6) is 0 Å². The van der Waals surface area contributed by atoms with Crippen molar-refractivity contribution >= 4 is 17.7 Å². The number of rotatable bonds is 6. The molecule has 29 heavy (non-hydrogen) atoms. The van der Waals surface area contributed by atoms with Gasteiger partial charge in [0.05, 0.1) is 18.6 Å². The van der Waals surface area contributed by atoms with Gasteiger partial charge in [0, 0.05) is 38.1 Å². The lowest BCUT2D eigenvalue weighted by molar-refractivity contribution is -0.143. The Labute approximate surface area is 170 Å². The first kappa shape index (κ1) is 20.0. The van der Waals surface area contributed by atoms with Crippen molar-refractivity contribution in [3.8, 4) is 0 Å². The van der Waals surface area contributed by atoms with E-state index in [4.69, 9.17) is 4.74 Å². The lowest BCUT2D eigenvalue weighted by Gasteiger charge is -2.31. The average Bonchev–Trinajstić information content (AvgIpc) is 3.13. The lowest BCUT2D eigenvalue weighted by Crippen LogP contribution is -2.45. The third kappa shape index (κ3) is 3.45. The van der Waals surface area contributed by atoms with Crippen molar-refractivity contribution < 1.29 is 23.5 Å². The molecule has 4 rings (SSSR count). The third-order valence-electron chi connectivity index (χ3n) is 6.74. The van der Waals surface area contributed by atoms with Crippen LogP contribution in [0.2, 0.25) is 0 Å². The highest BCUT2D eigenvalue weighted by Crippen LogP contribution is 2.43. The van der Waals surface area contributed by atoms with E-state index in [0.29, 0.717) is 12.5 Å². The molecule has 3 amide bonds. The number of ether oxygens (including phenoxy) is 1. The molecule has 6 nitrogen and oxygen atoms in total. The summed E-state index contributed by atoms with van der Waals surface area (Å²) < 4.78 is 19.8. The Morgan fingerprint density at radius 2 is 2.07 bits per heavy atom. The van der Waals surface area contributed by atoms with Gasteiger partial charge in [0.1, 0.15) is 5.82 Å². The van der Waals surface area contributed by atoms with E-state index in [9.17, 15) is 18.8 Å². The minimum Gasteiger partial charge on any atom is -0.383 e. The number of amides is 3. The van der Waals surface area contributed by atoms with Crippen molar-refractivity contribution in [2.24, 2.45) is 5.92 Å². The molecule has 0 radical (unpaired) electrons. The van der Waals surface area contributed by atoms with Crippen LogP contribution >= 0.6 is 0 Å². The van der Waals surface area contributed by atoms with E-state index in [0.717, 1.165) is 30.6 Å². The Morgan fingerprint density at radius 1 is 1.28 bits per heavy atom. The SMILES string of the molecule is COCCN1C(=O)C[C@@](CC(=O)N2C[C@@H]3CCC[C@@H]2C3)(c2ccccc2F)C1=O. The van der Waals surface area contributed by atoms with Crippen molar-refractivity contribution in [1.29, 1.82) is 0 Å². The van der Waals surface area contributed by atoms with Crippen LogP contribution in [0, 0.1) is 11.7 Å². The number of hydrogen-bond acceptors (Lipinski definition) is 4. The number of nitrogens with zero attached hydrogens (tertiary/aromatic N) is 2. The van der Waals surface area contributed by atoms with E-state index in [1.54, 1.807) is 12.1 Å². The van der Waals surface area contributed by atoms with Gasteiger partial charge in [-0.3, -0.25) is 19.3 Å². The van der Waals surface area contributed by atoms with Crippen molar-refractivity contribution in [3.63, 3.8) is 0 Å². The van der Waals surface area contributed by atoms with Gasteiger partial charge in [0.15, 0.2) is 0 Å². The van der Waals surface area contributed by atoms with Gasteiger partial charge in [-0.2, -0.15) is 0 Å². The summed E-state index contributed by atoms with van der Waals surface area (Å²) in [6.07, 6.45) is 3.85. The van der Waals surface area contributed by atoms with Crippen LogP contribution in [-0.2, 0) is 24.5 Å². The number of likely N-dealkylation sites (tertiary alicyclic amines) is 2. The summed E-state index contributed by atoms with van der Waals surface area (Å²) in [5, 5.41) is 0. The van der Waals surface area contributed by atoms with Gasteiger partial charge in [-0.25, -0.2) is 4.39 Å². The number of carbonyl (C=O) groups excluding carboxylic acids is 3. The molecule has 3 atom stereocenters. The van der Waals surface area contributed by atoms with Crippen LogP contribution < -0.4 is 0 Å². The normalized spacial score (nSPS) is 29.0. The zero-order chi connectivity index (χ0) is 20.6. The van der Waals surface area contributed by atoms with E-state index in [-0.39, 0.29) is 49.4 Å². The first-order valence-corrected chi connectivity index (χ1v) is 10.3. The zero-order valence-electron chi connectivity index (χ0n) is 16.7. The standard InChI is InChI=1S/C22H27FN2O4/c1-29-10-9-24-19(26)12-22(21(24)28,17-7-2-3-8-18(17)23)13-20(27)25-14-15-5-4-6-16(25)11-15/h2-3,7-8,15-16H,4-6,9-14H2,1H3/t15-,16-,22-/m1/s1. The first-order valence-electron chi connectivity index (χ1n) is 10.3. The smallest absolute Gasteiger partial charge is 0.241 e. The lowest BCUT2D eigenvalue weighted by atomic mass is 9.75. The minimum absolute atomic E-state index is 0.104. The highest BCUT2D eigenvalue weighted by molar-refractivity contribution is 6.10. The maximum Gasteiger partial charge on any atom is 0.241 e. The fourth-order valence-electron chi connectivity index (χ4n) is 5.31. The van der Waals surface area contributed by atoms with Crippen molar-refractivity contribution in [2.45, 2.75) is 50.0 Å². The second-order valence-corrected chi connectivity index (χ2v) is 8.49. The summed E-state index contributed by atoms with van der Waals surface area (Å²) in [7, 11) is 1.49. The maximum atomic E-state index is 14.8. The van der Waals surface area contributed by atoms with Crippen LogP contribution in [0.1, 0.15) is 44.1 Å². The molecule has 0 spiro atoms. The van der Waals surface area contributed by atoms with Crippen molar-refractivity contribution in [3.05, 3.63) is 35.6 Å². The predicted molar refractivity (Wildman–Crippen MR) is 103 cm³/mol. The fraction of sp³-hybridized carbons (Fsp3) is 0.591. The maximum absolute atomic E-state index is 14.8. The topological polar surface area (TPSA) is 66.9 Å². The van der Waals surface area contributed by atoms with E-state index in [2.05, 4.69) is 0 Å². The second-order valence-electron chi connectivity index (χ2n) is 8.49. The van der Waals surface area contributed by atoms with Gasteiger partial charge in [0.2, 0.25) is 17.7 Å². The Kier molecular flexibility index (Phi) is 5.42. The summed E-state index contributed by atoms with van der Waals surface area (Å²) in [6, 6.07) is 6.19. The fourth-order valence-corrected chi connectivity index (χ4v) is 5.31. The third-order valence-corrected chi connectivity index (χ3v) is 6.74. The molecule has 3 aliphatic rings. The highest BCUT2D eigenvalue weighted by atomic mass is 19.1. The van der Waals surface area contributed by atoms with Gasteiger partial charge in [-0.1, -0.05) is 24.6 Å².